The first-order chi connectivity index (χ1) is 14.4. The van der Waals surface area contributed by atoms with E-state index in [1.165, 1.54) is 22.6 Å². The van der Waals surface area contributed by atoms with Gasteiger partial charge >= 0.3 is 0 Å². The summed E-state index contributed by atoms with van der Waals surface area (Å²) in [6, 6.07) is 8.04. The molecule has 0 aliphatic carbocycles. The van der Waals surface area contributed by atoms with Gasteiger partial charge in [0.25, 0.3) is 0 Å². The Labute approximate surface area is 174 Å². The van der Waals surface area contributed by atoms with E-state index in [-0.39, 0.29) is 36.2 Å². The number of benzene rings is 1. The maximum Gasteiger partial charge on any atom is 0.243 e. The van der Waals surface area contributed by atoms with Gasteiger partial charge < -0.3 is 10.6 Å². The third-order valence-electron chi connectivity index (χ3n) is 4.80. The number of nitrogens with zero attached hydrogens (tertiary/aromatic N) is 2. The molecule has 2 amide bonds. The SMILES string of the molecule is O=C(CCNC(=O)[C@H]1CCCN(S(=O)(=O)c2ccc(F)cc2)C1)Nc1cccnc1. The number of halogens is 1. The first-order valence-electron chi connectivity index (χ1n) is 9.59. The maximum absolute atomic E-state index is 13.1. The van der Waals surface area contributed by atoms with Crippen LogP contribution in [0.3, 0.4) is 0 Å². The normalized spacial score (nSPS) is 17.3. The van der Waals surface area contributed by atoms with Crippen molar-refractivity contribution in [2.24, 2.45) is 5.92 Å². The van der Waals surface area contributed by atoms with E-state index in [1.807, 2.05) is 0 Å². The standard InChI is InChI=1S/C20H23FN4O4S/c21-16-5-7-18(8-6-16)30(28,29)25-12-2-3-15(14-25)20(27)23-11-9-19(26)24-17-4-1-10-22-13-17/h1,4-8,10,13,15H,2-3,9,11-12,14H2,(H,23,27)(H,24,26)/t15-/m0/s1. The highest BCUT2D eigenvalue weighted by Crippen LogP contribution is 2.24. The molecule has 2 N–H and O–H groups in total. The Morgan fingerprint density at radius 3 is 2.67 bits per heavy atom. The van der Waals surface area contributed by atoms with Crippen LogP contribution >= 0.6 is 0 Å². The minimum atomic E-state index is -3.80. The third kappa shape index (κ3) is 5.61. The zero-order chi connectivity index (χ0) is 21.6. The summed E-state index contributed by atoms with van der Waals surface area (Å²) < 4.78 is 39.9. The Bertz CT molecular complexity index is 984. The summed E-state index contributed by atoms with van der Waals surface area (Å²) in [5.74, 6) is -1.57. The van der Waals surface area contributed by atoms with Crippen LogP contribution in [0.5, 0.6) is 0 Å². The maximum atomic E-state index is 13.1. The second-order valence-corrected chi connectivity index (χ2v) is 8.92. The van der Waals surface area contributed by atoms with Crippen molar-refractivity contribution in [3.05, 3.63) is 54.6 Å². The number of aromatic nitrogens is 1. The van der Waals surface area contributed by atoms with Crippen molar-refractivity contribution < 1.29 is 22.4 Å². The predicted octanol–water partition coefficient (Wildman–Crippen LogP) is 1.77. The van der Waals surface area contributed by atoms with Gasteiger partial charge in [-0.05, 0) is 49.2 Å². The Balaban J connectivity index is 1.50. The molecule has 1 aromatic heterocycles. The van der Waals surface area contributed by atoms with Crippen LogP contribution in [0.15, 0.2) is 53.7 Å². The van der Waals surface area contributed by atoms with Gasteiger partial charge in [-0.3, -0.25) is 14.6 Å². The van der Waals surface area contributed by atoms with E-state index in [9.17, 15) is 22.4 Å². The number of anilines is 1. The molecule has 1 aliphatic rings. The van der Waals surface area contributed by atoms with Gasteiger partial charge in [-0.1, -0.05) is 0 Å². The fourth-order valence-electron chi connectivity index (χ4n) is 3.23. The van der Waals surface area contributed by atoms with Crippen molar-refractivity contribution in [2.45, 2.75) is 24.2 Å². The zero-order valence-corrected chi connectivity index (χ0v) is 17.1. The molecule has 160 valence electrons. The van der Waals surface area contributed by atoms with Crippen molar-refractivity contribution in [3.8, 4) is 0 Å². The van der Waals surface area contributed by atoms with Crippen LogP contribution in [-0.2, 0) is 19.6 Å². The Hall–Kier alpha value is -2.85. The number of rotatable bonds is 7. The molecule has 3 rings (SSSR count). The number of pyridine rings is 1. The highest BCUT2D eigenvalue weighted by atomic mass is 32.2. The summed E-state index contributed by atoms with van der Waals surface area (Å²) >= 11 is 0. The van der Waals surface area contributed by atoms with E-state index in [2.05, 4.69) is 15.6 Å². The molecular weight excluding hydrogens is 411 g/mol. The second kappa shape index (κ2) is 9.77. The number of piperidine rings is 1. The topological polar surface area (TPSA) is 108 Å². The lowest BCUT2D eigenvalue weighted by Gasteiger charge is -2.31. The number of carbonyl (C=O) groups excluding carboxylic acids is 2. The molecule has 30 heavy (non-hydrogen) atoms. The first kappa shape index (κ1) is 21.8. The molecule has 0 radical (unpaired) electrons. The average molecular weight is 434 g/mol. The largest absolute Gasteiger partial charge is 0.355 e. The fraction of sp³-hybridized carbons (Fsp3) is 0.350. The number of hydrogen-bond acceptors (Lipinski definition) is 5. The van der Waals surface area contributed by atoms with E-state index >= 15 is 0 Å². The third-order valence-corrected chi connectivity index (χ3v) is 6.68. The quantitative estimate of drug-likeness (QED) is 0.690. The van der Waals surface area contributed by atoms with Crippen molar-refractivity contribution in [1.29, 1.82) is 0 Å². The molecule has 1 aliphatic heterocycles. The summed E-state index contributed by atoms with van der Waals surface area (Å²) in [5.41, 5.74) is 0.572. The summed E-state index contributed by atoms with van der Waals surface area (Å²) in [4.78, 5) is 28.3. The second-order valence-electron chi connectivity index (χ2n) is 6.99. The van der Waals surface area contributed by atoms with E-state index < -0.39 is 21.8 Å². The molecule has 0 unspecified atom stereocenters. The number of nitrogens with one attached hydrogen (secondary N) is 2. The lowest BCUT2D eigenvalue weighted by Crippen LogP contribution is -2.45. The molecule has 2 heterocycles. The van der Waals surface area contributed by atoms with Crippen LogP contribution in [0.1, 0.15) is 19.3 Å². The van der Waals surface area contributed by atoms with Crippen molar-refractivity contribution in [1.82, 2.24) is 14.6 Å². The molecule has 10 heteroatoms. The van der Waals surface area contributed by atoms with Crippen molar-refractivity contribution >= 4 is 27.5 Å². The van der Waals surface area contributed by atoms with E-state index in [0.717, 1.165) is 12.1 Å². The van der Waals surface area contributed by atoms with Crippen LogP contribution in [-0.4, -0.2) is 49.2 Å². The first-order valence-corrected chi connectivity index (χ1v) is 11.0. The van der Waals surface area contributed by atoms with Gasteiger partial charge in [-0.15, -0.1) is 0 Å². The monoisotopic (exact) mass is 434 g/mol. The van der Waals surface area contributed by atoms with E-state index in [0.29, 0.717) is 25.1 Å². The van der Waals surface area contributed by atoms with Gasteiger partial charge in [0.05, 0.1) is 22.7 Å². The van der Waals surface area contributed by atoms with Gasteiger partial charge in [0.2, 0.25) is 21.8 Å². The van der Waals surface area contributed by atoms with Crippen molar-refractivity contribution in [2.75, 3.05) is 25.0 Å². The number of hydrogen-bond donors (Lipinski definition) is 2. The van der Waals surface area contributed by atoms with Crippen LogP contribution in [0.25, 0.3) is 0 Å². The minimum absolute atomic E-state index is 0.00275. The number of sulfonamides is 1. The van der Waals surface area contributed by atoms with Crippen LogP contribution in [0.4, 0.5) is 10.1 Å². The molecular formula is C20H23FN4O4S. The molecule has 2 aromatic rings. The average Bonchev–Trinajstić information content (AvgIpc) is 2.75. The molecule has 0 bridgehead atoms. The van der Waals surface area contributed by atoms with Gasteiger partial charge in [0, 0.05) is 32.3 Å². The van der Waals surface area contributed by atoms with Crippen LogP contribution < -0.4 is 10.6 Å². The summed E-state index contributed by atoms with van der Waals surface area (Å²) in [6.45, 7) is 0.497. The smallest absolute Gasteiger partial charge is 0.243 e. The summed E-state index contributed by atoms with van der Waals surface area (Å²) in [6.07, 6.45) is 4.31. The molecule has 0 saturated carbocycles. The van der Waals surface area contributed by atoms with Crippen LogP contribution in [0.2, 0.25) is 0 Å². The van der Waals surface area contributed by atoms with Gasteiger partial charge in [-0.2, -0.15) is 4.31 Å². The summed E-state index contributed by atoms with van der Waals surface area (Å²) in [7, 11) is -3.80. The lowest BCUT2D eigenvalue weighted by molar-refractivity contribution is -0.126. The van der Waals surface area contributed by atoms with Crippen LogP contribution in [0, 0.1) is 11.7 Å². The molecule has 8 nitrogen and oxygen atoms in total. The Morgan fingerprint density at radius 1 is 1.20 bits per heavy atom. The lowest BCUT2D eigenvalue weighted by atomic mass is 9.99. The molecule has 1 aromatic carbocycles. The zero-order valence-electron chi connectivity index (χ0n) is 16.3. The molecule has 1 saturated heterocycles. The highest BCUT2D eigenvalue weighted by molar-refractivity contribution is 7.89. The highest BCUT2D eigenvalue weighted by Gasteiger charge is 2.33. The minimum Gasteiger partial charge on any atom is -0.355 e. The number of carbonyl (C=O) groups is 2. The predicted molar refractivity (Wildman–Crippen MR) is 108 cm³/mol. The fourth-order valence-corrected chi connectivity index (χ4v) is 4.76. The summed E-state index contributed by atoms with van der Waals surface area (Å²) in [5, 5.41) is 5.38. The molecule has 1 fully saturated rings. The number of amides is 2. The molecule has 1 atom stereocenters. The van der Waals surface area contributed by atoms with E-state index in [4.69, 9.17) is 0 Å². The Kier molecular flexibility index (Phi) is 7.11. The molecule has 0 spiro atoms. The van der Waals surface area contributed by atoms with Gasteiger partial charge in [0.15, 0.2) is 0 Å². The van der Waals surface area contributed by atoms with E-state index in [1.54, 1.807) is 18.3 Å². The Morgan fingerprint density at radius 2 is 1.97 bits per heavy atom. The van der Waals surface area contributed by atoms with Gasteiger partial charge in [0.1, 0.15) is 5.82 Å². The van der Waals surface area contributed by atoms with Crippen molar-refractivity contribution in [3.63, 3.8) is 0 Å². The van der Waals surface area contributed by atoms with Gasteiger partial charge in [-0.25, -0.2) is 12.8 Å².